The molecule has 1 aliphatic rings. The Morgan fingerprint density at radius 2 is 2.04 bits per heavy atom. The number of rotatable bonds is 6. The Labute approximate surface area is 157 Å². The van der Waals surface area contributed by atoms with Gasteiger partial charge in [0.1, 0.15) is 0 Å². The van der Waals surface area contributed by atoms with Gasteiger partial charge in [0, 0.05) is 24.9 Å². The third kappa shape index (κ3) is 7.28. The highest BCUT2D eigenvalue weighted by molar-refractivity contribution is 8.00. The maximum atomic E-state index is 5.86. The van der Waals surface area contributed by atoms with Gasteiger partial charge in [-0.05, 0) is 57.4 Å². The van der Waals surface area contributed by atoms with Gasteiger partial charge in [0.2, 0.25) is 0 Å². The van der Waals surface area contributed by atoms with Crippen LogP contribution in [0.2, 0.25) is 0 Å². The van der Waals surface area contributed by atoms with Crippen LogP contribution < -0.4 is 10.6 Å². The molecule has 1 heterocycles. The van der Waals surface area contributed by atoms with Gasteiger partial charge in [-0.15, -0.1) is 0 Å². The topological polar surface area (TPSA) is 45.7 Å². The van der Waals surface area contributed by atoms with E-state index in [0.717, 1.165) is 19.0 Å². The van der Waals surface area contributed by atoms with Crippen LogP contribution in [0, 0.1) is 0 Å². The Morgan fingerprint density at radius 1 is 1.28 bits per heavy atom. The molecule has 0 aromatic heterocycles. The summed E-state index contributed by atoms with van der Waals surface area (Å²) in [5, 5.41) is 6.89. The van der Waals surface area contributed by atoms with E-state index in [-0.39, 0.29) is 5.60 Å². The second-order valence-corrected chi connectivity index (χ2v) is 9.58. The number of ether oxygens (including phenoxy) is 1. The zero-order valence-corrected chi connectivity index (χ0v) is 17.1. The SMILES string of the molecule is CN=C(NCc1cccc(COC(C)(C)C)c1)NCC1(C)CCCS1. The predicted octanol–water partition coefficient (Wildman–Crippen LogP) is 3.95. The number of hydrogen-bond donors (Lipinski definition) is 2. The van der Waals surface area contributed by atoms with Gasteiger partial charge in [-0.1, -0.05) is 24.3 Å². The van der Waals surface area contributed by atoms with Crippen molar-refractivity contribution in [2.24, 2.45) is 4.99 Å². The third-order valence-electron chi connectivity index (χ3n) is 4.28. The second-order valence-electron chi connectivity index (χ2n) is 7.90. The fourth-order valence-electron chi connectivity index (χ4n) is 2.78. The molecule has 0 saturated carbocycles. The Morgan fingerprint density at radius 3 is 2.68 bits per heavy atom. The largest absolute Gasteiger partial charge is 0.371 e. The normalized spacial score (nSPS) is 21.4. The monoisotopic (exact) mass is 363 g/mol. The molecule has 2 N–H and O–H groups in total. The molecular weight excluding hydrogens is 330 g/mol. The van der Waals surface area contributed by atoms with Gasteiger partial charge in [-0.2, -0.15) is 11.8 Å². The summed E-state index contributed by atoms with van der Waals surface area (Å²) in [7, 11) is 1.83. The average Bonchev–Trinajstić information content (AvgIpc) is 3.00. The molecule has 0 aliphatic carbocycles. The van der Waals surface area contributed by atoms with E-state index in [1.807, 2.05) is 7.05 Å². The van der Waals surface area contributed by atoms with Gasteiger partial charge in [0.05, 0.1) is 12.2 Å². The van der Waals surface area contributed by atoms with Crippen molar-refractivity contribution in [1.29, 1.82) is 0 Å². The van der Waals surface area contributed by atoms with Crippen LogP contribution in [0.1, 0.15) is 51.7 Å². The van der Waals surface area contributed by atoms with Crippen LogP contribution in [0.15, 0.2) is 29.3 Å². The van der Waals surface area contributed by atoms with Crippen molar-refractivity contribution < 1.29 is 4.74 Å². The summed E-state index contributed by atoms with van der Waals surface area (Å²) < 4.78 is 6.20. The molecule has 0 amide bonds. The Kier molecular flexibility index (Phi) is 7.20. The molecule has 140 valence electrons. The number of thioether (sulfide) groups is 1. The number of hydrogen-bond acceptors (Lipinski definition) is 3. The Hall–Kier alpha value is -1.20. The average molecular weight is 364 g/mol. The molecule has 0 radical (unpaired) electrons. The molecule has 1 atom stereocenters. The third-order valence-corrected chi connectivity index (χ3v) is 5.82. The first-order chi connectivity index (χ1) is 11.8. The van der Waals surface area contributed by atoms with E-state index in [9.17, 15) is 0 Å². The predicted molar refractivity (Wildman–Crippen MR) is 109 cm³/mol. The highest BCUT2D eigenvalue weighted by atomic mass is 32.2. The summed E-state index contributed by atoms with van der Waals surface area (Å²) in [6, 6.07) is 8.53. The van der Waals surface area contributed by atoms with E-state index in [1.165, 1.54) is 29.7 Å². The summed E-state index contributed by atoms with van der Waals surface area (Å²) in [6.07, 6.45) is 2.59. The highest BCUT2D eigenvalue weighted by Gasteiger charge is 2.29. The molecule has 1 aromatic rings. The second kappa shape index (κ2) is 8.95. The Balaban J connectivity index is 1.82. The fraction of sp³-hybridized carbons (Fsp3) is 0.650. The first-order valence-corrected chi connectivity index (χ1v) is 10.1. The molecule has 2 rings (SSSR count). The van der Waals surface area contributed by atoms with Crippen LogP contribution in [0.5, 0.6) is 0 Å². The van der Waals surface area contributed by atoms with E-state index >= 15 is 0 Å². The molecule has 1 saturated heterocycles. The highest BCUT2D eigenvalue weighted by Crippen LogP contribution is 2.36. The molecule has 4 nitrogen and oxygen atoms in total. The van der Waals surface area contributed by atoms with Gasteiger partial charge < -0.3 is 15.4 Å². The lowest BCUT2D eigenvalue weighted by Crippen LogP contribution is -2.43. The van der Waals surface area contributed by atoms with Crippen molar-refractivity contribution in [2.75, 3.05) is 19.3 Å². The first kappa shape index (κ1) is 20.1. The molecule has 1 fully saturated rings. The number of guanidine groups is 1. The number of benzene rings is 1. The molecule has 0 spiro atoms. The van der Waals surface area contributed by atoms with Crippen LogP contribution in [0.4, 0.5) is 0 Å². The summed E-state index contributed by atoms with van der Waals surface area (Å²) >= 11 is 2.06. The maximum absolute atomic E-state index is 5.86. The molecule has 25 heavy (non-hydrogen) atoms. The van der Waals surface area contributed by atoms with Crippen LogP contribution in [-0.4, -0.2) is 35.7 Å². The van der Waals surface area contributed by atoms with E-state index in [2.05, 4.69) is 79.3 Å². The zero-order chi connectivity index (χ0) is 18.3. The summed E-state index contributed by atoms with van der Waals surface area (Å²) in [5.41, 5.74) is 2.32. The molecular formula is C20H33N3OS. The van der Waals surface area contributed by atoms with Gasteiger partial charge in [-0.3, -0.25) is 4.99 Å². The molecule has 1 aromatic carbocycles. The fourth-order valence-corrected chi connectivity index (χ4v) is 4.03. The molecule has 1 aliphatic heterocycles. The molecule has 0 bridgehead atoms. The van der Waals surface area contributed by atoms with Crippen LogP contribution in [0.25, 0.3) is 0 Å². The smallest absolute Gasteiger partial charge is 0.191 e. The summed E-state index contributed by atoms with van der Waals surface area (Å²) in [4.78, 5) is 4.35. The van der Waals surface area contributed by atoms with Crippen molar-refractivity contribution in [3.8, 4) is 0 Å². The minimum Gasteiger partial charge on any atom is -0.371 e. The quantitative estimate of drug-likeness (QED) is 0.593. The van der Waals surface area contributed by atoms with Crippen molar-refractivity contribution >= 4 is 17.7 Å². The van der Waals surface area contributed by atoms with Gasteiger partial charge in [0.25, 0.3) is 0 Å². The van der Waals surface area contributed by atoms with E-state index < -0.39 is 0 Å². The summed E-state index contributed by atoms with van der Waals surface area (Å²) in [5.74, 6) is 2.14. The lowest BCUT2D eigenvalue weighted by Gasteiger charge is -2.24. The number of aliphatic imine (C=N–C) groups is 1. The van der Waals surface area contributed by atoms with Crippen molar-refractivity contribution in [1.82, 2.24) is 10.6 Å². The molecule has 1 unspecified atom stereocenters. The van der Waals surface area contributed by atoms with Gasteiger partial charge in [0.15, 0.2) is 5.96 Å². The zero-order valence-electron chi connectivity index (χ0n) is 16.3. The van der Waals surface area contributed by atoms with E-state index in [0.29, 0.717) is 11.4 Å². The first-order valence-electron chi connectivity index (χ1n) is 9.10. The minimum atomic E-state index is -0.116. The number of nitrogens with zero attached hydrogens (tertiary/aromatic N) is 1. The lowest BCUT2D eigenvalue weighted by atomic mass is 10.1. The van der Waals surface area contributed by atoms with E-state index in [4.69, 9.17) is 4.74 Å². The van der Waals surface area contributed by atoms with Crippen molar-refractivity contribution in [3.05, 3.63) is 35.4 Å². The summed E-state index contributed by atoms with van der Waals surface area (Å²) in [6.45, 7) is 10.9. The standard InChI is InChI=1S/C20H33N3OS/c1-19(2,3)24-14-17-9-6-8-16(12-17)13-22-18(21-5)23-15-20(4)10-7-11-25-20/h6,8-9,12H,7,10-11,13-15H2,1-5H3,(H2,21,22,23). The van der Waals surface area contributed by atoms with Gasteiger partial charge in [-0.25, -0.2) is 0 Å². The molecule has 5 heteroatoms. The Bertz CT molecular complexity index is 575. The van der Waals surface area contributed by atoms with E-state index in [1.54, 1.807) is 0 Å². The lowest BCUT2D eigenvalue weighted by molar-refractivity contribution is -0.0149. The van der Waals surface area contributed by atoms with Crippen LogP contribution >= 0.6 is 11.8 Å². The van der Waals surface area contributed by atoms with Gasteiger partial charge >= 0.3 is 0 Å². The van der Waals surface area contributed by atoms with Crippen molar-refractivity contribution in [2.45, 2.75) is 64.0 Å². The minimum absolute atomic E-state index is 0.116. The maximum Gasteiger partial charge on any atom is 0.191 e. The van der Waals surface area contributed by atoms with Crippen LogP contribution in [-0.2, 0) is 17.9 Å². The van der Waals surface area contributed by atoms with Crippen molar-refractivity contribution in [3.63, 3.8) is 0 Å². The van der Waals surface area contributed by atoms with Crippen LogP contribution in [0.3, 0.4) is 0 Å². The number of nitrogens with one attached hydrogen (secondary N) is 2.